The van der Waals surface area contributed by atoms with Crippen molar-refractivity contribution in [2.45, 2.75) is 38.1 Å². The first-order valence-corrected chi connectivity index (χ1v) is 11.4. The molecule has 1 aliphatic rings. The fourth-order valence-electron chi connectivity index (χ4n) is 3.79. The molecule has 5 heteroatoms. The highest BCUT2D eigenvalue weighted by atomic mass is 35.5. The largest absolute Gasteiger partial charge is 0.497 e. The van der Waals surface area contributed by atoms with Crippen LogP contribution in [0.4, 0.5) is 5.13 Å². The molecule has 0 bridgehead atoms. The van der Waals surface area contributed by atoms with Crippen LogP contribution in [-0.4, -0.2) is 18.1 Å². The highest BCUT2D eigenvalue weighted by Crippen LogP contribution is 2.41. The van der Waals surface area contributed by atoms with Gasteiger partial charge in [0.15, 0.2) is 5.13 Å². The van der Waals surface area contributed by atoms with Gasteiger partial charge in [-0.2, -0.15) is 0 Å². The van der Waals surface area contributed by atoms with Gasteiger partial charge >= 0.3 is 0 Å². The second-order valence-electron chi connectivity index (χ2n) is 7.75. The van der Waals surface area contributed by atoms with Crippen molar-refractivity contribution in [1.82, 2.24) is 4.98 Å². The first kappa shape index (κ1) is 20.8. The summed E-state index contributed by atoms with van der Waals surface area (Å²) in [4.78, 5) is 5.94. The van der Waals surface area contributed by atoms with E-state index in [0.29, 0.717) is 5.02 Å². The second kappa shape index (κ2) is 9.12. The maximum absolute atomic E-state index is 6.48. The average molecular weight is 437 g/mol. The Kier molecular flexibility index (Phi) is 6.32. The monoisotopic (exact) mass is 436 g/mol. The summed E-state index contributed by atoms with van der Waals surface area (Å²) in [6, 6.07) is 16.1. The van der Waals surface area contributed by atoms with E-state index in [1.165, 1.54) is 18.4 Å². The number of ether oxygens (including phenoxy) is 1. The number of nitrogens with one attached hydrogen (secondary N) is 1. The van der Waals surface area contributed by atoms with Crippen molar-refractivity contribution in [3.05, 3.63) is 64.0 Å². The van der Waals surface area contributed by atoms with E-state index in [1.54, 1.807) is 18.4 Å². The van der Waals surface area contributed by atoms with Gasteiger partial charge in [0, 0.05) is 16.4 Å². The van der Waals surface area contributed by atoms with Gasteiger partial charge in [0.05, 0.1) is 23.9 Å². The van der Waals surface area contributed by atoms with Crippen LogP contribution < -0.4 is 10.1 Å². The molecule has 0 saturated heterocycles. The van der Waals surface area contributed by atoms with Crippen molar-refractivity contribution in [1.29, 1.82) is 0 Å². The molecule has 0 aliphatic heterocycles. The van der Waals surface area contributed by atoms with Crippen LogP contribution in [0.1, 0.15) is 35.6 Å². The van der Waals surface area contributed by atoms with Gasteiger partial charge < -0.3 is 10.1 Å². The Balaban J connectivity index is 1.59. The number of halogens is 1. The van der Waals surface area contributed by atoms with Gasteiger partial charge in [0.25, 0.3) is 0 Å². The van der Waals surface area contributed by atoms with Crippen LogP contribution in [0.15, 0.2) is 48.5 Å². The lowest BCUT2D eigenvalue weighted by atomic mass is 9.87. The minimum atomic E-state index is -0.113. The molecule has 4 rings (SSSR count). The maximum Gasteiger partial charge on any atom is 0.184 e. The number of anilines is 1. The van der Waals surface area contributed by atoms with Crippen molar-refractivity contribution < 1.29 is 4.74 Å². The van der Waals surface area contributed by atoms with E-state index in [0.717, 1.165) is 39.4 Å². The van der Waals surface area contributed by atoms with E-state index in [4.69, 9.17) is 27.7 Å². The highest BCUT2D eigenvalue weighted by Gasteiger charge is 2.31. The molecule has 30 heavy (non-hydrogen) atoms. The minimum absolute atomic E-state index is 0.113. The van der Waals surface area contributed by atoms with E-state index in [2.05, 4.69) is 42.4 Å². The number of thiazole rings is 1. The molecule has 1 fully saturated rings. The summed E-state index contributed by atoms with van der Waals surface area (Å²) in [7, 11) is 1.63. The van der Waals surface area contributed by atoms with Crippen molar-refractivity contribution >= 4 is 28.1 Å². The van der Waals surface area contributed by atoms with E-state index in [1.807, 2.05) is 24.3 Å². The molecule has 3 nitrogen and oxygen atoms in total. The second-order valence-corrected chi connectivity index (χ2v) is 9.36. The Morgan fingerprint density at radius 2 is 2.03 bits per heavy atom. The third-order valence-electron chi connectivity index (χ3n) is 5.60. The van der Waals surface area contributed by atoms with Gasteiger partial charge in [-0.1, -0.05) is 60.7 Å². The summed E-state index contributed by atoms with van der Waals surface area (Å²) in [6.45, 7) is 2.06. The quantitative estimate of drug-likeness (QED) is 0.395. The zero-order valence-electron chi connectivity index (χ0n) is 17.2. The SMILES string of the molecule is C#CC(Nc1nc(-c2ccc(OC)cc2Cl)c(C)s1)C(CC1CC1)c1ccccc1. The molecule has 1 heterocycles. The standard InChI is InChI=1S/C25H25ClN2OS/c1-4-23(21(14-17-10-11-17)18-8-6-5-7-9-18)27-25-28-24(16(2)30-25)20-13-12-19(29-3)15-22(20)26/h1,5-9,12-13,15,17,21,23H,10-11,14H2,2-3H3,(H,27,28). The topological polar surface area (TPSA) is 34.2 Å². The summed E-state index contributed by atoms with van der Waals surface area (Å²) in [5, 5.41) is 4.99. The molecular formula is C25H25ClN2OS. The first-order chi connectivity index (χ1) is 14.6. The first-order valence-electron chi connectivity index (χ1n) is 10.2. The lowest BCUT2D eigenvalue weighted by Crippen LogP contribution is -2.26. The number of terminal acetylenes is 1. The third-order valence-corrected chi connectivity index (χ3v) is 6.82. The van der Waals surface area contributed by atoms with Gasteiger partial charge in [-0.05, 0) is 43.0 Å². The Morgan fingerprint density at radius 1 is 1.27 bits per heavy atom. The van der Waals surface area contributed by atoms with Crippen LogP contribution in [-0.2, 0) is 0 Å². The van der Waals surface area contributed by atoms with Crippen molar-refractivity contribution in [3.63, 3.8) is 0 Å². The van der Waals surface area contributed by atoms with Crippen LogP contribution in [0.2, 0.25) is 5.02 Å². The molecule has 2 unspecified atom stereocenters. The van der Waals surface area contributed by atoms with Crippen LogP contribution in [0, 0.1) is 25.2 Å². The smallest absolute Gasteiger partial charge is 0.184 e. The van der Waals surface area contributed by atoms with Crippen LogP contribution in [0.25, 0.3) is 11.3 Å². The summed E-state index contributed by atoms with van der Waals surface area (Å²) in [6.07, 6.45) is 9.71. The third kappa shape index (κ3) is 4.64. The van der Waals surface area contributed by atoms with Gasteiger partial charge in [-0.15, -0.1) is 17.8 Å². The number of hydrogen-bond acceptors (Lipinski definition) is 4. The number of aryl methyl sites for hydroxylation is 1. The molecule has 0 radical (unpaired) electrons. The fraction of sp³-hybridized carbons (Fsp3) is 0.320. The summed E-state index contributed by atoms with van der Waals surface area (Å²) >= 11 is 8.09. The Bertz CT molecular complexity index is 1050. The summed E-state index contributed by atoms with van der Waals surface area (Å²) in [5.74, 6) is 4.76. The number of methoxy groups -OCH3 is 1. The zero-order valence-corrected chi connectivity index (χ0v) is 18.8. The molecule has 2 aromatic carbocycles. The Labute approximate surface area is 187 Å². The molecule has 1 aliphatic carbocycles. The molecule has 2 atom stereocenters. The Hall–Kier alpha value is -2.48. The molecule has 0 amide bonds. The van der Waals surface area contributed by atoms with Crippen molar-refractivity contribution in [3.8, 4) is 29.4 Å². The van der Waals surface area contributed by atoms with Crippen LogP contribution in [0.5, 0.6) is 5.75 Å². The normalized spacial score (nSPS) is 15.3. The molecule has 1 saturated carbocycles. The van der Waals surface area contributed by atoms with Crippen molar-refractivity contribution in [2.75, 3.05) is 12.4 Å². The van der Waals surface area contributed by atoms with E-state index < -0.39 is 0 Å². The predicted octanol–water partition coefficient (Wildman–Crippen LogP) is 6.78. The number of benzene rings is 2. The van der Waals surface area contributed by atoms with Gasteiger partial charge in [0.2, 0.25) is 0 Å². The van der Waals surface area contributed by atoms with Gasteiger partial charge in [0.1, 0.15) is 5.75 Å². The Morgan fingerprint density at radius 3 is 2.67 bits per heavy atom. The number of rotatable bonds is 8. The van der Waals surface area contributed by atoms with Gasteiger partial charge in [-0.25, -0.2) is 4.98 Å². The van der Waals surface area contributed by atoms with E-state index in [-0.39, 0.29) is 12.0 Å². The van der Waals surface area contributed by atoms with Gasteiger partial charge in [-0.3, -0.25) is 0 Å². The summed E-state index contributed by atoms with van der Waals surface area (Å²) in [5.41, 5.74) is 3.06. The number of aromatic nitrogens is 1. The molecule has 1 N–H and O–H groups in total. The number of nitrogens with zero attached hydrogens (tertiary/aromatic N) is 1. The highest BCUT2D eigenvalue weighted by molar-refractivity contribution is 7.16. The van der Waals surface area contributed by atoms with Crippen LogP contribution >= 0.6 is 22.9 Å². The van der Waals surface area contributed by atoms with Crippen molar-refractivity contribution in [2.24, 2.45) is 5.92 Å². The zero-order chi connectivity index (χ0) is 21.1. The average Bonchev–Trinajstić information content (AvgIpc) is 3.52. The predicted molar refractivity (Wildman–Crippen MR) is 127 cm³/mol. The summed E-state index contributed by atoms with van der Waals surface area (Å²) < 4.78 is 5.26. The molecule has 0 spiro atoms. The fourth-order valence-corrected chi connectivity index (χ4v) is 4.92. The number of hydrogen-bond donors (Lipinski definition) is 1. The lowest BCUT2D eigenvalue weighted by molar-refractivity contribution is 0.415. The lowest BCUT2D eigenvalue weighted by Gasteiger charge is -2.24. The molecule has 3 aromatic rings. The van der Waals surface area contributed by atoms with E-state index in [9.17, 15) is 0 Å². The molecule has 1 aromatic heterocycles. The maximum atomic E-state index is 6.48. The van der Waals surface area contributed by atoms with E-state index >= 15 is 0 Å². The minimum Gasteiger partial charge on any atom is -0.497 e. The molecular weight excluding hydrogens is 412 g/mol. The van der Waals surface area contributed by atoms with Crippen LogP contribution in [0.3, 0.4) is 0 Å². The molecule has 154 valence electrons.